The minimum absolute atomic E-state index is 0.0145. The van der Waals surface area contributed by atoms with Crippen molar-refractivity contribution in [2.75, 3.05) is 11.9 Å². The molecule has 0 saturated heterocycles. The first-order chi connectivity index (χ1) is 9.00. The first kappa shape index (κ1) is 14.1. The lowest BCUT2D eigenvalue weighted by atomic mass is 9.87. The Kier molecular flexibility index (Phi) is 4.30. The maximum Gasteiger partial charge on any atom is 0.148 e. The highest BCUT2D eigenvalue weighted by Gasteiger charge is 2.24. The minimum atomic E-state index is -0.0145. The van der Waals surface area contributed by atoms with Crippen molar-refractivity contribution in [1.82, 2.24) is 4.98 Å². The van der Waals surface area contributed by atoms with E-state index in [2.05, 4.69) is 16.8 Å². The first-order valence-electron chi connectivity index (χ1n) is 6.72. The SMILES string of the molecule is CC1CCC(N(C)c2nccc(C(=N)N)c2Cl)CC1. The topological polar surface area (TPSA) is 66.0 Å². The third kappa shape index (κ3) is 3.00. The molecule has 19 heavy (non-hydrogen) atoms. The summed E-state index contributed by atoms with van der Waals surface area (Å²) in [7, 11) is 2.03. The van der Waals surface area contributed by atoms with Crippen molar-refractivity contribution < 1.29 is 0 Å². The van der Waals surface area contributed by atoms with Gasteiger partial charge in [0.1, 0.15) is 11.7 Å². The van der Waals surface area contributed by atoms with E-state index in [1.165, 1.54) is 25.7 Å². The summed E-state index contributed by atoms with van der Waals surface area (Å²) in [6, 6.07) is 2.16. The molecular weight excluding hydrogens is 260 g/mol. The zero-order valence-corrected chi connectivity index (χ0v) is 12.2. The molecule has 0 spiro atoms. The van der Waals surface area contributed by atoms with Gasteiger partial charge < -0.3 is 10.6 Å². The van der Waals surface area contributed by atoms with E-state index in [0.717, 1.165) is 11.7 Å². The lowest BCUT2D eigenvalue weighted by molar-refractivity contribution is 0.340. The highest BCUT2D eigenvalue weighted by atomic mass is 35.5. The standard InChI is InChI=1S/C14H21ClN4/c1-9-3-5-10(6-4-9)19(2)14-12(15)11(13(16)17)7-8-18-14/h7-10H,3-6H2,1-2H3,(H3,16,17). The lowest BCUT2D eigenvalue weighted by Crippen LogP contribution is -2.35. The second kappa shape index (κ2) is 5.78. The van der Waals surface area contributed by atoms with Gasteiger partial charge in [-0.1, -0.05) is 18.5 Å². The maximum atomic E-state index is 7.53. The zero-order valence-electron chi connectivity index (χ0n) is 11.5. The number of aromatic nitrogens is 1. The van der Waals surface area contributed by atoms with Crippen LogP contribution in [0.3, 0.4) is 0 Å². The van der Waals surface area contributed by atoms with E-state index < -0.39 is 0 Å². The van der Waals surface area contributed by atoms with E-state index in [0.29, 0.717) is 16.6 Å². The lowest BCUT2D eigenvalue weighted by Gasteiger charge is -2.34. The van der Waals surface area contributed by atoms with Gasteiger partial charge in [0, 0.05) is 24.8 Å². The van der Waals surface area contributed by atoms with Gasteiger partial charge >= 0.3 is 0 Å². The number of amidine groups is 1. The van der Waals surface area contributed by atoms with Crippen molar-refractivity contribution in [3.05, 3.63) is 22.8 Å². The van der Waals surface area contributed by atoms with Crippen LogP contribution in [-0.4, -0.2) is 23.9 Å². The van der Waals surface area contributed by atoms with Crippen molar-refractivity contribution in [2.45, 2.75) is 38.6 Å². The molecule has 1 fully saturated rings. The monoisotopic (exact) mass is 280 g/mol. The van der Waals surface area contributed by atoms with Crippen molar-refractivity contribution in [3.8, 4) is 0 Å². The molecule has 0 amide bonds. The summed E-state index contributed by atoms with van der Waals surface area (Å²) in [5, 5.41) is 8.01. The number of hydrogen-bond donors (Lipinski definition) is 2. The number of hydrogen-bond acceptors (Lipinski definition) is 3. The van der Waals surface area contributed by atoms with Crippen LogP contribution in [0.5, 0.6) is 0 Å². The fourth-order valence-electron chi connectivity index (χ4n) is 2.69. The summed E-state index contributed by atoms with van der Waals surface area (Å²) in [5.74, 6) is 1.53. The highest BCUT2D eigenvalue weighted by Crippen LogP contribution is 2.32. The average molecular weight is 281 g/mol. The van der Waals surface area contributed by atoms with Gasteiger partial charge in [0.25, 0.3) is 0 Å². The molecule has 1 saturated carbocycles. The number of pyridine rings is 1. The molecule has 0 aromatic carbocycles. The normalized spacial score (nSPS) is 23.1. The molecule has 1 aliphatic rings. The van der Waals surface area contributed by atoms with Gasteiger partial charge in [0.2, 0.25) is 0 Å². The van der Waals surface area contributed by atoms with Crippen LogP contribution >= 0.6 is 11.6 Å². The number of nitrogens with two attached hydrogens (primary N) is 1. The Morgan fingerprint density at radius 2 is 2.05 bits per heavy atom. The second-order valence-corrected chi connectivity index (χ2v) is 5.81. The van der Waals surface area contributed by atoms with Gasteiger partial charge in [-0.2, -0.15) is 0 Å². The summed E-state index contributed by atoms with van der Waals surface area (Å²) in [6.45, 7) is 2.30. The smallest absolute Gasteiger partial charge is 0.148 e. The quantitative estimate of drug-likeness (QED) is 0.661. The summed E-state index contributed by atoms with van der Waals surface area (Å²) >= 11 is 6.32. The third-order valence-electron chi connectivity index (χ3n) is 4.03. The van der Waals surface area contributed by atoms with E-state index in [1.807, 2.05) is 7.05 Å². The molecule has 104 valence electrons. The number of nitrogens with one attached hydrogen (secondary N) is 1. The fraction of sp³-hybridized carbons (Fsp3) is 0.571. The molecule has 0 aliphatic heterocycles. The van der Waals surface area contributed by atoms with E-state index in [1.54, 1.807) is 12.3 Å². The van der Waals surface area contributed by atoms with E-state index in [9.17, 15) is 0 Å². The Labute approximate surface area is 119 Å². The summed E-state index contributed by atoms with van der Waals surface area (Å²) < 4.78 is 0. The zero-order chi connectivity index (χ0) is 14.0. The van der Waals surface area contributed by atoms with Crippen LogP contribution in [-0.2, 0) is 0 Å². The van der Waals surface area contributed by atoms with Crippen LogP contribution in [0, 0.1) is 11.3 Å². The fourth-order valence-corrected chi connectivity index (χ4v) is 3.04. The van der Waals surface area contributed by atoms with Gasteiger partial charge in [-0.25, -0.2) is 4.98 Å². The summed E-state index contributed by atoms with van der Waals surface area (Å²) in [4.78, 5) is 6.50. The van der Waals surface area contributed by atoms with Crippen LogP contribution < -0.4 is 10.6 Å². The minimum Gasteiger partial charge on any atom is -0.384 e. The molecular formula is C14H21ClN4. The number of nitrogen functional groups attached to an aromatic ring is 1. The average Bonchev–Trinajstić information content (AvgIpc) is 2.38. The molecule has 4 nitrogen and oxygen atoms in total. The van der Waals surface area contributed by atoms with Crippen LogP contribution in [0.4, 0.5) is 5.82 Å². The number of anilines is 1. The van der Waals surface area contributed by atoms with Crippen molar-refractivity contribution in [3.63, 3.8) is 0 Å². The van der Waals surface area contributed by atoms with Gasteiger partial charge in [-0.3, -0.25) is 5.41 Å². The van der Waals surface area contributed by atoms with Crippen LogP contribution in [0.2, 0.25) is 5.02 Å². The van der Waals surface area contributed by atoms with Crippen LogP contribution in [0.1, 0.15) is 38.2 Å². The largest absolute Gasteiger partial charge is 0.384 e. The first-order valence-corrected chi connectivity index (χ1v) is 7.10. The summed E-state index contributed by atoms with van der Waals surface area (Å²) in [5.41, 5.74) is 6.09. The predicted molar refractivity (Wildman–Crippen MR) is 80.1 cm³/mol. The number of rotatable bonds is 3. The molecule has 1 aromatic rings. The Bertz CT molecular complexity index is 467. The van der Waals surface area contributed by atoms with Crippen LogP contribution in [0.25, 0.3) is 0 Å². The molecule has 5 heteroatoms. The maximum absolute atomic E-state index is 7.53. The molecule has 2 rings (SSSR count). The van der Waals surface area contributed by atoms with E-state index >= 15 is 0 Å². The van der Waals surface area contributed by atoms with Crippen molar-refractivity contribution in [2.24, 2.45) is 11.7 Å². The Morgan fingerprint density at radius 3 is 2.63 bits per heavy atom. The van der Waals surface area contributed by atoms with Crippen LogP contribution in [0.15, 0.2) is 12.3 Å². The Morgan fingerprint density at radius 1 is 1.42 bits per heavy atom. The van der Waals surface area contributed by atoms with Crippen molar-refractivity contribution in [1.29, 1.82) is 5.41 Å². The molecule has 0 radical (unpaired) electrons. The molecule has 0 atom stereocenters. The van der Waals surface area contributed by atoms with Gasteiger partial charge in [-0.05, 0) is 37.7 Å². The molecule has 0 unspecified atom stereocenters. The molecule has 1 aliphatic carbocycles. The van der Waals surface area contributed by atoms with Gasteiger partial charge in [0.05, 0.1) is 5.02 Å². The molecule has 1 aromatic heterocycles. The van der Waals surface area contributed by atoms with Gasteiger partial charge in [-0.15, -0.1) is 0 Å². The molecule has 1 heterocycles. The molecule has 0 bridgehead atoms. The predicted octanol–water partition coefficient (Wildman–Crippen LogP) is 3.03. The number of nitrogens with zero attached hydrogens (tertiary/aromatic N) is 2. The van der Waals surface area contributed by atoms with Crippen molar-refractivity contribution >= 4 is 23.3 Å². The highest BCUT2D eigenvalue weighted by molar-refractivity contribution is 6.36. The van der Waals surface area contributed by atoms with E-state index in [-0.39, 0.29) is 5.84 Å². The second-order valence-electron chi connectivity index (χ2n) is 5.43. The molecule has 3 N–H and O–H groups in total. The van der Waals surface area contributed by atoms with Gasteiger partial charge in [0.15, 0.2) is 0 Å². The van der Waals surface area contributed by atoms with E-state index in [4.69, 9.17) is 22.7 Å². The number of halogens is 1. The Balaban J connectivity index is 2.21. The third-order valence-corrected chi connectivity index (χ3v) is 4.40. The Hall–Kier alpha value is -1.29. The summed E-state index contributed by atoms with van der Waals surface area (Å²) in [6.07, 6.45) is 6.50.